The van der Waals surface area contributed by atoms with Gasteiger partial charge in [0.25, 0.3) is 0 Å². The third kappa shape index (κ3) is 4.16. The molecule has 4 aromatic rings. The molecular weight excluding hydrogens is 390 g/mol. The monoisotopic (exact) mass is 409 g/mol. The SMILES string of the molecule is CCn1c(COc2ccc(Cl)cc2)nnc1SCc1cccc2ccccc12. The van der Waals surface area contributed by atoms with Gasteiger partial charge in [-0.15, -0.1) is 10.2 Å². The second kappa shape index (κ2) is 8.67. The van der Waals surface area contributed by atoms with Gasteiger partial charge in [-0.1, -0.05) is 65.8 Å². The zero-order valence-electron chi connectivity index (χ0n) is 15.5. The summed E-state index contributed by atoms with van der Waals surface area (Å²) in [5, 5.41) is 12.9. The van der Waals surface area contributed by atoms with Crippen LogP contribution in [0.5, 0.6) is 5.75 Å². The van der Waals surface area contributed by atoms with Gasteiger partial charge in [0.05, 0.1) is 0 Å². The van der Waals surface area contributed by atoms with Gasteiger partial charge in [0.1, 0.15) is 12.4 Å². The van der Waals surface area contributed by atoms with E-state index in [4.69, 9.17) is 16.3 Å². The lowest BCUT2D eigenvalue weighted by molar-refractivity contribution is 0.288. The van der Waals surface area contributed by atoms with E-state index >= 15 is 0 Å². The Labute approximate surface area is 173 Å². The Bertz CT molecular complexity index is 1070. The molecule has 0 spiro atoms. The Morgan fingerprint density at radius 1 is 0.964 bits per heavy atom. The average molecular weight is 410 g/mol. The molecule has 1 heterocycles. The van der Waals surface area contributed by atoms with Crippen molar-refractivity contribution in [2.24, 2.45) is 0 Å². The molecule has 0 atom stereocenters. The summed E-state index contributed by atoms with van der Waals surface area (Å²) in [5.74, 6) is 2.43. The molecule has 3 aromatic carbocycles. The normalized spacial score (nSPS) is 11.1. The minimum Gasteiger partial charge on any atom is -0.486 e. The van der Waals surface area contributed by atoms with E-state index in [9.17, 15) is 0 Å². The highest BCUT2D eigenvalue weighted by Crippen LogP contribution is 2.27. The lowest BCUT2D eigenvalue weighted by Crippen LogP contribution is -2.07. The second-order valence-corrected chi connectivity index (χ2v) is 7.69. The van der Waals surface area contributed by atoms with E-state index in [0.29, 0.717) is 11.6 Å². The van der Waals surface area contributed by atoms with E-state index in [2.05, 4.69) is 64.2 Å². The van der Waals surface area contributed by atoms with Crippen molar-refractivity contribution in [1.29, 1.82) is 0 Å². The maximum atomic E-state index is 5.92. The predicted octanol–water partition coefficient (Wildman–Crippen LogP) is 5.98. The highest BCUT2D eigenvalue weighted by Gasteiger charge is 2.13. The van der Waals surface area contributed by atoms with Crippen LogP contribution in [-0.4, -0.2) is 14.8 Å². The summed E-state index contributed by atoms with van der Waals surface area (Å²) < 4.78 is 7.93. The van der Waals surface area contributed by atoms with Crippen LogP contribution in [0.1, 0.15) is 18.3 Å². The van der Waals surface area contributed by atoms with Crippen LogP contribution in [0.4, 0.5) is 0 Å². The fourth-order valence-corrected chi connectivity index (χ4v) is 4.24. The van der Waals surface area contributed by atoms with Gasteiger partial charge in [0.2, 0.25) is 0 Å². The topological polar surface area (TPSA) is 39.9 Å². The van der Waals surface area contributed by atoms with Crippen molar-refractivity contribution < 1.29 is 4.74 Å². The molecule has 1 aromatic heterocycles. The maximum Gasteiger partial charge on any atom is 0.191 e. The van der Waals surface area contributed by atoms with Crippen molar-refractivity contribution in [1.82, 2.24) is 14.8 Å². The Morgan fingerprint density at radius 3 is 2.57 bits per heavy atom. The first-order valence-electron chi connectivity index (χ1n) is 9.14. The van der Waals surface area contributed by atoms with Crippen molar-refractivity contribution in [3.8, 4) is 5.75 Å². The third-order valence-corrected chi connectivity index (χ3v) is 5.80. The molecule has 0 N–H and O–H groups in total. The molecule has 28 heavy (non-hydrogen) atoms. The van der Waals surface area contributed by atoms with Gasteiger partial charge in [-0.2, -0.15) is 0 Å². The molecule has 142 valence electrons. The number of benzene rings is 3. The Hall–Kier alpha value is -2.50. The first kappa shape index (κ1) is 18.8. The quantitative estimate of drug-likeness (QED) is 0.352. The summed E-state index contributed by atoms with van der Waals surface area (Å²) in [6, 6.07) is 22.2. The van der Waals surface area contributed by atoms with Gasteiger partial charge >= 0.3 is 0 Å². The van der Waals surface area contributed by atoms with Crippen molar-refractivity contribution in [3.63, 3.8) is 0 Å². The minimum absolute atomic E-state index is 0.372. The fourth-order valence-electron chi connectivity index (χ4n) is 3.09. The largest absolute Gasteiger partial charge is 0.486 e. The number of rotatable bonds is 7. The van der Waals surface area contributed by atoms with Gasteiger partial charge in [-0.05, 0) is 47.5 Å². The molecule has 0 aliphatic rings. The highest BCUT2D eigenvalue weighted by molar-refractivity contribution is 7.98. The maximum absolute atomic E-state index is 5.92. The first-order chi connectivity index (χ1) is 13.7. The Kier molecular flexibility index (Phi) is 5.84. The molecule has 0 fully saturated rings. The molecule has 0 saturated heterocycles. The standard InChI is InChI=1S/C22H20ClN3OS/c1-2-26-21(14-27-19-12-10-18(23)11-13-19)24-25-22(26)28-15-17-8-5-7-16-6-3-4-9-20(16)17/h3-13H,2,14-15H2,1H3. The van der Waals surface area contributed by atoms with E-state index in [0.717, 1.165) is 29.0 Å². The number of halogens is 1. The summed E-state index contributed by atoms with van der Waals surface area (Å²) >= 11 is 7.62. The molecule has 0 aliphatic heterocycles. The van der Waals surface area contributed by atoms with Crippen molar-refractivity contribution in [2.45, 2.75) is 31.0 Å². The summed E-state index contributed by atoms with van der Waals surface area (Å²) in [6.07, 6.45) is 0. The van der Waals surface area contributed by atoms with Crippen LogP contribution in [0, 0.1) is 0 Å². The van der Waals surface area contributed by atoms with Crippen molar-refractivity contribution >= 4 is 34.1 Å². The fraction of sp³-hybridized carbons (Fsp3) is 0.182. The van der Waals surface area contributed by atoms with Crippen LogP contribution >= 0.6 is 23.4 Å². The second-order valence-electron chi connectivity index (χ2n) is 6.31. The number of hydrogen-bond donors (Lipinski definition) is 0. The molecule has 0 radical (unpaired) electrons. The zero-order chi connectivity index (χ0) is 19.3. The lowest BCUT2D eigenvalue weighted by Gasteiger charge is -2.10. The number of ether oxygens (including phenoxy) is 1. The van der Waals surface area contributed by atoms with E-state index in [1.165, 1.54) is 16.3 Å². The molecule has 4 nitrogen and oxygen atoms in total. The summed E-state index contributed by atoms with van der Waals surface area (Å²) in [6.45, 7) is 3.26. The summed E-state index contributed by atoms with van der Waals surface area (Å²) in [4.78, 5) is 0. The van der Waals surface area contributed by atoms with Crippen molar-refractivity contribution in [2.75, 3.05) is 0 Å². The Balaban J connectivity index is 1.47. The van der Waals surface area contributed by atoms with E-state index in [1.54, 1.807) is 11.8 Å². The van der Waals surface area contributed by atoms with Crippen LogP contribution < -0.4 is 4.74 Å². The van der Waals surface area contributed by atoms with Gasteiger partial charge in [0, 0.05) is 17.3 Å². The first-order valence-corrected chi connectivity index (χ1v) is 10.5. The average Bonchev–Trinajstić information content (AvgIpc) is 3.13. The molecule has 6 heteroatoms. The molecular formula is C22H20ClN3OS. The molecule has 4 rings (SSSR count). The van der Waals surface area contributed by atoms with E-state index in [-0.39, 0.29) is 0 Å². The van der Waals surface area contributed by atoms with Crippen LogP contribution in [0.15, 0.2) is 71.9 Å². The smallest absolute Gasteiger partial charge is 0.191 e. The van der Waals surface area contributed by atoms with Crippen LogP contribution in [-0.2, 0) is 18.9 Å². The van der Waals surface area contributed by atoms with Gasteiger partial charge < -0.3 is 9.30 Å². The van der Waals surface area contributed by atoms with E-state index < -0.39 is 0 Å². The van der Waals surface area contributed by atoms with Gasteiger partial charge in [0.15, 0.2) is 11.0 Å². The van der Waals surface area contributed by atoms with Crippen LogP contribution in [0.25, 0.3) is 10.8 Å². The molecule has 0 bridgehead atoms. The molecule has 0 saturated carbocycles. The Morgan fingerprint density at radius 2 is 1.75 bits per heavy atom. The van der Waals surface area contributed by atoms with Gasteiger partial charge in [-0.25, -0.2) is 0 Å². The van der Waals surface area contributed by atoms with Gasteiger partial charge in [-0.3, -0.25) is 0 Å². The predicted molar refractivity (Wildman–Crippen MR) is 115 cm³/mol. The highest BCUT2D eigenvalue weighted by atomic mass is 35.5. The molecule has 0 amide bonds. The summed E-state index contributed by atoms with van der Waals surface area (Å²) in [5.41, 5.74) is 1.30. The molecule has 0 unspecified atom stereocenters. The number of fused-ring (bicyclic) bond motifs is 1. The number of thioether (sulfide) groups is 1. The number of aromatic nitrogens is 3. The van der Waals surface area contributed by atoms with Crippen molar-refractivity contribution in [3.05, 3.63) is 83.1 Å². The zero-order valence-corrected chi connectivity index (χ0v) is 17.1. The third-order valence-electron chi connectivity index (χ3n) is 4.53. The summed E-state index contributed by atoms with van der Waals surface area (Å²) in [7, 11) is 0. The number of nitrogens with zero attached hydrogens (tertiary/aromatic N) is 3. The van der Waals surface area contributed by atoms with Crippen LogP contribution in [0.2, 0.25) is 5.02 Å². The molecule has 0 aliphatic carbocycles. The van der Waals surface area contributed by atoms with Crippen LogP contribution in [0.3, 0.4) is 0 Å². The lowest BCUT2D eigenvalue weighted by atomic mass is 10.1. The van der Waals surface area contributed by atoms with E-state index in [1.807, 2.05) is 24.3 Å². The minimum atomic E-state index is 0.372. The number of hydrogen-bond acceptors (Lipinski definition) is 4.